The van der Waals surface area contributed by atoms with E-state index in [9.17, 15) is 22.8 Å². The van der Waals surface area contributed by atoms with Crippen molar-refractivity contribution in [3.05, 3.63) is 58.9 Å². The Morgan fingerprint density at radius 1 is 1.08 bits per heavy atom. The largest absolute Gasteiger partial charge is 0.433 e. The van der Waals surface area contributed by atoms with E-state index in [0.29, 0.717) is 16.1 Å². The number of carbonyl (C=O) groups is 2. The van der Waals surface area contributed by atoms with Crippen molar-refractivity contribution in [1.82, 2.24) is 20.0 Å². The summed E-state index contributed by atoms with van der Waals surface area (Å²) in [6, 6.07) is 10.7. The first kappa shape index (κ1) is 26.3. The second-order valence-electron chi connectivity index (χ2n) is 9.26. The molecule has 5 rings (SSSR count). The first-order valence-electron chi connectivity index (χ1n) is 12.3. The quantitative estimate of drug-likeness (QED) is 0.384. The molecule has 0 spiro atoms. The van der Waals surface area contributed by atoms with Crippen LogP contribution in [0.5, 0.6) is 5.75 Å². The molecule has 1 aromatic heterocycles. The lowest BCUT2D eigenvalue weighted by molar-refractivity contribution is -0.117. The Bertz CT molecular complexity index is 1310. The van der Waals surface area contributed by atoms with E-state index in [4.69, 9.17) is 0 Å². The second-order valence-corrected chi connectivity index (χ2v) is 10.3. The van der Waals surface area contributed by atoms with Gasteiger partial charge in [0.1, 0.15) is 16.6 Å². The highest BCUT2D eigenvalue weighted by molar-refractivity contribution is 7.14. The summed E-state index contributed by atoms with van der Waals surface area (Å²) in [4.78, 5) is 30.1. The third-order valence-corrected chi connectivity index (χ3v) is 7.47. The van der Waals surface area contributed by atoms with Gasteiger partial charge in [0, 0.05) is 43.3 Å². The van der Waals surface area contributed by atoms with Gasteiger partial charge < -0.3 is 10.1 Å². The van der Waals surface area contributed by atoms with Gasteiger partial charge in [-0.1, -0.05) is 23.5 Å². The van der Waals surface area contributed by atoms with E-state index in [2.05, 4.69) is 25.2 Å². The summed E-state index contributed by atoms with van der Waals surface area (Å²) in [5, 5.41) is 11.3. The number of ether oxygens (including phenoxy) is 1. The highest BCUT2D eigenvalue weighted by Gasteiger charge is 2.31. The Hall–Kier alpha value is -3.35. The number of aromatic nitrogens is 2. The zero-order chi connectivity index (χ0) is 26.6. The maximum absolute atomic E-state index is 14.1. The van der Waals surface area contributed by atoms with Crippen LogP contribution in [-0.2, 0) is 11.2 Å². The minimum absolute atomic E-state index is 0.0120. The summed E-state index contributed by atoms with van der Waals surface area (Å²) < 4.78 is 44.6. The maximum atomic E-state index is 14.1. The van der Waals surface area contributed by atoms with Gasteiger partial charge in [0.15, 0.2) is 10.8 Å². The molecule has 2 heterocycles. The van der Waals surface area contributed by atoms with Crippen LogP contribution in [-0.4, -0.2) is 77.1 Å². The van der Waals surface area contributed by atoms with Crippen LogP contribution in [0.15, 0.2) is 42.5 Å². The summed E-state index contributed by atoms with van der Waals surface area (Å²) in [6.07, 6.45) is 2.34. The fraction of sp³-hybridized carbons (Fsp3) is 0.385. The van der Waals surface area contributed by atoms with Gasteiger partial charge in [0.05, 0.1) is 18.7 Å². The molecule has 0 radical (unpaired) electrons. The summed E-state index contributed by atoms with van der Waals surface area (Å²) >= 11 is 1.09. The molecular formula is C26H26F3N5O3S. The van der Waals surface area contributed by atoms with Crippen LogP contribution in [0.4, 0.5) is 18.9 Å². The number of piperazine rings is 1. The molecule has 200 valence electrons. The lowest BCUT2D eigenvalue weighted by atomic mass is 10.1. The van der Waals surface area contributed by atoms with Crippen molar-refractivity contribution in [1.29, 1.82) is 0 Å². The molecule has 3 aromatic rings. The van der Waals surface area contributed by atoms with Crippen molar-refractivity contribution in [3.8, 4) is 16.3 Å². The monoisotopic (exact) mass is 545 g/mol. The van der Waals surface area contributed by atoms with Gasteiger partial charge in [-0.3, -0.25) is 19.4 Å². The number of alkyl halides is 2. The second kappa shape index (κ2) is 11.6. The number of benzene rings is 2. The van der Waals surface area contributed by atoms with Crippen molar-refractivity contribution in [3.63, 3.8) is 0 Å². The van der Waals surface area contributed by atoms with E-state index >= 15 is 0 Å². The first-order valence-corrected chi connectivity index (χ1v) is 13.1. The Labute approximate surface area is 221 Å². The lowest BCUT2D eigenvalue weighted by Gasteiger charge is -2.34. The number of ketones is 1. The highest BCUT2D eigenvalue weighted by atomic mass is 32.1. The Morgan fingerprint density at radius 2 is 1.84 bits per heavy atom. The topological polar surface area (TPSA) is 87.7 Å². The molecule has 0 bridgehead atoms. The van der Waals surface area contributed by atoms with Gasteiger partial charge in [-0.15, -0.1) is 10.2 Å². The number of carbonyl (C=O) groups excluding carboxylic acids is 2. The number of hydrogen-bond acceptors (Lipinski definition) is 8. The van der Waals surface area contributed by atoms with Gasteiger partial charge >= 0.3 is 6.61 Å². The number of rotatable bonds is 10. The SMILES string of the molecule is O=C(CN1CCN(C2CC2)CC1)Nc1cc(C(=O)Cc2nnc(-c3ccccc3F)s2)ccc1OC(F)F. The average Bonchev–Trinajstić information content (AvgIpc) is 3.64. The molecule has 38 heavy (non-hydrogen) atoms. The summed E-state index contributed by atoms with van der Waals surface area (Å²) in [6.45, 7) is 0.298. The molecule has 1 amide bonds. The van der Waals surface area contributed by atoms with Crippen LogP contribution in [0, 0.1) is 5.82 Å². The van der Waals surface area contributed by atoms with Crippen LogP contribution >= 0.6 is 11.3 Å². The van der Waals surface area contributed by atoms with Crippen LogP contribution in [0.25, 0.3) is 10.6 Å². The van der Waals surface area contributed by atoms with Crippen LogP contribution in [0.3, 0.4) is 0 Å². The van der Waals surface area contributed by atoms with E-state index in [1.807, 2.05) is 4.90 Å². The van der Waals surface area contributed by atoms with Crippen LogP contribution < -0.4 is 10.1 Å². The fourth-order valence-electron chi connectivity index (χ4n) is 4.43. The van der Waals surface area contributed by atoms with Gasteiger partial charge in [-0.05, 0) is 43.2 Å². The minimum Gasteiger partial charge on any atom is -0.433 e. The molecule has 1 N–H and O–H groups in total. The molecule has 1 aliphatic carbocycles. The zero-order valence-electron chi connectivity index (χ0n) is 20.4. The zero-order valence-corrected chi connectivity index (χ0v) is 21.2. The first-order chi connectivity index (χ1) is 18.4. The third-order valence-electron chi connectivity index (χ3n) is 6.51. The Morgan fingerprint density at radius 3 is 2.55 bits per heavy atom. The van der Waals surface area contributed by atoms with Crippen LogP contribution in [0.1, 0.15) is 28.2 Å². The van der Waals surface area contributed by atoms with E-state index in [1.165, 1.54) is 37.1 Å². The molecule has 0 atom stereocenters. The summed E-state index contributed by atoms with van der Waals surface area (Å²) in [5.74, 6) is -1.42. The van der Waals surface area contributed by atoms with Crippen LogP contribution in [0.2, 0.25) is 0 Å². The molecule has 2 aromatic carbocycles. The summed E-state index contributed by atoms with van der Waals surface area (Å²) in [7, 11) is 0. The molecule has 12 heteroatoms. The number of hydrogen-bond donors (Lipinski definition) is 1. The Kier molecular flexibility index (Phi) is 8.01. The van der Waals surface area contributed by atoms with Gasteiger partial charge in [-0.25, -0.2) is 4.39 Å². The number of halogens is 3. The molecule has 1 saturated heterocycles. The number of anilines is 1. The van der Waals surface area contributed by atoms with Crippen molar-refractivity contribution in [2.24, 2.45) is 0 Å². The van der Waals surface area contributed by atoms with E-state index in [1.54, 1.807) is 18.2 Å². The van der Waals surface area contributed by atoms with E-state index in [-0.39, 0.29) is 47.2 Å². The smallest absolute Gasteiger partial charge is 0.387 e. The fourth-order valence-corrected chi connectivity index (χ4v) is 5.29. The molecule has 1 aliphatic heterocycles. The average molecular weight is 546 g/mol. The summed E-state index contributed by atoms with van der Waals surface area (Å²) in [5.41, 5.74) is 0.459. The van der Waals surface area contributed by atoms with Gasteiger partial charge in [0.25, 0.3) is 0 Å². The number of nitrogens with one attached hydrogen (secondary N) is 1. The molecule has 0 unspecified atom stereocenters. The number of nitrogens with zero attached hydrogens (tertiary/aromatic N) is 4. The van der Waals surface area contributed by atoms with E-state index < -0.39 is 12.4 Å². The minimum atomic E-state index is -3.10. The Balaban J connectivity index is 1.25. The van der Waals surface area contributed by atoms with Crippen molar-refractivity contribution in [2.45, 2.75) is 31.9 Å². The highest BCUT2D eigenvalue weighted by Crippen LogP contribution is 2.30. The molecular weight excluding hydrogens is 519 g/mol. The molecule has 1 saturated carbocycles. The van der Waals surface area contributed by atoms with Crippen molar-refractivity contribution < 1.29 is 27.5 Å². The predicted molar refractivity (Wildman–Crippen MR) is 136 cm³/mol. The van der Waals surface area contributed by atoms with Crippen molar-refractivity contribution in [2.75, 3.05) is 38.0 Å². The normalized spacial score (nSPS) is 16.5. The molecule has 8 nitrogen and oxygen atoms in total. The third kappa shape index (κ3) is 6.55. The predicted octanol–water partition coefficient (Wildman–Crippen LogP) is 4.09. The van der Waals surface area contributed by atoms with Gasteiger partial charge in [-0.2, -0.15) is 8.78 Å². The van der Waals surface area contributed by atoms with E-state index in [0.717, 1.165) is 37.5 Å². The van der Waals surface area contributed by atoms with Gasteiger partial charge in [0.2, 0.25) is 5.91 Å². The molecule has 2 aliphatic rings. The maximum Gasteiger partial charge on any atom is 0.387 e. The number of Topliss-reactive ketones (excluding diaryl/α,β-unsaturated/α-hetero) is 1. The van der Waals surface area contributed by atoms with Crippen molar-refractivity contribution >= 4 is 28.7 Å². The molecule has 2 fully saturated rings. The lowest BCUT2D eigenvalue weighted by Crippen LogP contribution is -2.49. The number of amides is 1. The standard InChI is InChI=1S/C26H26F3N5O3S/c27-19-4-2-1-3-18(19)25-32-31-24(38-25)14-21(35)16-5-8-22(37-26(28)29)20(13-16)30-23(36)15-33-9-11-34(12-10-33)17-6-7-17/h1-5,8,13,17,26H,6-7,9-12,14-15H2,(H,30,36).